The third-order valence-corrected chi connectivity index (χ3v) is 7.17. The van der Waals surface area contributed by atoms with Crippen molar-refractivity contribution in [2.24, 2.45) is 16.6 Å². The van der Waals surface area contributed by atoms with E-state index in [0.717, 1.165) is 58.5 Å². The van der Waals surface area contributed by atoms with E-state index >= 15 is 0 Å². The fourth-order valence-corrected chi connectivity index (χ4v) is 4.33. The summed E-state index contributed by atoms with van der Waals surface area (Å²) in [5.74, 6) is 0.417. The number of rotatable bonds is 15. The molecule has 0 radical (unpaired) electrons. The van der Waals surface area contributed by atoms with Crippen molar-refractivity contribution in [3.63, 3.8) is 0 Å². The molecule has 2 aromatic carbocycles. The monoisotopic (exact) mass is 521 g/mol. The van der Waals surface area contributed by atoms with Crippen LogP contribution in [0, 0.1) is 17.2 Å². The van der Waals surface area contributed by atoms with Crippen LogP contribution in [-0.4, -0.2) is 12.3 Å². The fourth-order valence-electron chi connectivity index (χ4n) is 4.33. The van der Waals surface area contributed by atoms with Crippen LogP contribution < -0.4 is 5.73 Å². The second-order valence-electron chi connectivity index (χ2n) is 10.4. The van der Waals surface area contributed by atoms with Crippen LogP contribution in [0.15, 0.2) is 95.2 Å². The highest BCUT2D eigenvalue weighted by Gasteiger charge is 2.10. The predicted molar refractivity (Wildman–Crippen MR) is 170 cm³/mol. The Bertz CT molecular complexity index is 1230. The van der Waals surface area contributed by atoms with Crippen molar-refractivity contribution in [3.05, 3.63) is 107 Å². The summed E-state index contributed by atoms with van der Waals surface area (Å²) >= 11 is 0. The van der Waals surface area contributed by atoms with Crippen molar-refractivity contribution < 1.29 is 0 Å². The summed E-state index contributed by atoms with van der Waals surface area (Å²) in [5.41, 5.74) is 15.1. The summed E-state index contributed by atoms with van der Waals surface area (Å²) in [6.45, 7) is 15.9. The number of hydrogen-bond donors (Lipinski definition) is 1. The fraction of sp³-hybridized carbons (Fsp3) is 0.389. The lowest BCUT2D eigenvalue weighted by Crippen LogP contribution is -2.06. The average Bonchev–Trinajstić information content (AvgIpc) is 2.94. The third kappa shape index (κ3) is 10.7. The molecule has 3 nitrogen and oxygen atoms in total. The first-order chi connectivity index (χ1) is 18.8. The quantitative estimate of drug-likeness (QED) is 0.144. The molecule has 0 saturated heterocycles. The van der Waals surface area contributed by atoms with Crippen molar-refractivity contribution in [3.8, 4) is 17.2 Å². The molecule has 0 aliphatic carbocycles. The van der Waals surface area contributed by atoms with Gasteiger partial charge in [0.15, 0.2) is 0 Å². The Labute approximate surface area is 237 Å². The van der Waals surface area contributed by atoms with E-state index in [1.54, 1.807) is 0 Å². The maximum absolute atomic E-state index is 9.57. The molecule has 0 amide bonds. The van der Waals surface area contributed by atoms with E-state index in [2.05, 4.69) is 95.8 Å². The second-order valence-corrected chi connectivity index (χ2v) is 10.4. The van der Waals surface area contributed by atoms with Gasteiger partial charge in [-0.3, -0.25) is 4.99 Å². The molecule has 0 aliphatic heterocycles. The molecule has 206 valence electrons. The van der Waals surface area contributed by atoms with Gasteiger partial charge in [0, 0.05) is 5.71 Å². The van der Waals surface area contributed by atoms with Gasteiger partial charge in [-0.15, -0.1) is 0 Å². The van der Waals surface area contributed by atoms with Crippen molar-refractivity contribution in [1.29, 1.82) is 5.26 Å². The molecular weight excluding hydrogens is 474 g/mol. The number of nitriles is 1. The first-order valence-corrected chi connectivity index (χ1v) is 14.4. The molecule has 0 spiro atoms. The summed E-state index contributed by atoms with van der Waals surface area (Å²) in [7, 11) is 0. The molecular formula is C36H47N3. The Morgan fingerprint density at radius 1 is 1.10 bits per heavy atom. The highest BCUT2D eigenvalue weighted by molar-refractivity contribution is 5.85. The molecule has 1 atom stereocenters. The number of nitrogens with two attached hydrogens (primary N) is 1. The van der Waals surface area contributed by atoms with Crippen LogP contribution >= 0.6 is 0 Å². The number of unbranched alkanes of at least 4 members (excludes halogenated alkanes) is 3. The number of aliphatic imine (C=N–C) groups is 1. The summed E-state index contributed by atoms with van der Waals surface area (Å²) in [6, 6.07) is 16.7. The Morgan fingerprint density at radius 3 is 2.49 bits per heavy atom. The molecule has 3 heteroatoms. The van der Waals surface area contributed by atoms with Crippen molar-refractivity contribution in [2.45, 2.75) is 79.6 Å². The smallest absolute Gasteiger partial charge is 0.0991 e. The second kappa shape index (κ2) is 17.2. The molecule has 1 unspecified atom stereocenters. The lowest BCUT2D eigenvalue weighted by molar-refractivity contribution is 0.729. The minimum absolute atomic E-state index is 0.417. The van der Waals surface area contributed by atoms with E-state index in [1.165, 1.54) is 24.8 Å². The molecule has 2 rings (SSSR count). The van der Waals surface area contributed by atoms with Gasteiger partial charge in [0.1, 0.15) is 0 Å². The van der Waals surface area contributed by atoms with Gasteiger partial charge >= 0.3 is 0 Å². The van der Waals surface area contributed by atoms with Gasteiger partial charge in [-0.05, 0) is 110 Å². The van der Waals surface area contributed by atoms with Crippen LogP contribution in [0.25, 0.3) is 11.1 Å². The molecule has 0 heterocycles. The Balaban J connectivity index is 2.41. The van der Waals surface area contributed by atoms with Gasteiger partial charge < -0.3 is 5.73 Å². The van der Waals surface area contributed by atoms with Gasteiger partial charge in [-0.1, -0.05) is 88.8 Å². The van der Waals surface area contributed by atoms with E-state index < -0.39 is 0 Å². The summed E-state index contributed by atoms with van der Waals surface area (Å²) in [4.78, 5) is 5.05. The maximum atomic E-state index is 9.57. The average molecular weight is 522 g/mol. The van der Waals surface area contributed by atoms with Crippen LogP contribution in [-0.2, 0) is 12.8 Å². The Morgan fingerprint density at radius 2 is 1.85 bits per heavy atom. The van der Waals surface area contributed by atoms with E-state index in [4.69, 9.17) is 10.7 Å². The largest absolute Gasteiger partial charge is 0.330 e. The standard InChI is InChI=1S/C36H47N3/c1-7-9-10-11-12-13-14-29(5)36(39-30(6)28(4)8-2)24-27(3)23-34-25-32(26-38)17-20-35(34)33-18-15-31(16-19-33)21-22-37/h12-20,24-25,28H,3,7-11,21-23,37H2,1-2,4-6H3/b13-12-,29-14+,36-24-,39-30?. The highest BCUT2D eigenvalue weighted by atomic mass is 14.8. The SMILES string of the molecule is C=C(/C=C(N=C(C)C(C)CC)/C(C)=C/C=C\CCCCC)Cc1cc(C#N)ccc1-c1ccc(CCN)cc1. The normalized spacial score (nSPS) is 13.5. The summed E-state index contributed by atoms with van der Waals surface area (Å²) in [5, 5.41) is 9.57. The zero-order chi connectivity index (χ0) is 28.6. The van der Waals surface area contributed by atoms with Crippen LogP contribution in [0.1, 0.15) is 83.4 Å². The minimum atomic E-state index is 0.417. The molecule has 0 bridgehead atoms. The minimum Gasteiger partial charge on any atom is -0.330 e. The van der Waals surface area contributed by atoms with Gasteiger partial charge in [0.25, 0.3) is 0 Å². The maximum Gasteiger partial charge on any atom is 0.0991 e. The van der Waals surface area contributed by atoms with Gasteiger partial charge in [0.2, 0.25) is 0 Å². The van der Waals surface area contributed by atoms with Crippen molar-refractivity contribution in [2.75, 3.05) is 6.54 Å². The predicted octanol–water partition coefficient (Wildman–Crippen LogP) is 9.30. The highest BCUT2D eigenvalue weighted by Crippen LogP contribution is 2.28. The first-order valence-electron chi connectivity index (χ1n) is 14.4. The molecule has 0 saturated carbocycles. The number of nitrogens with zero attached hydrogens (tertiary/aromatic N) is 2. The molecule has 39 heavy (non-hydrogen) atoms. The molecule has 0 aromatic heterocycles. The van der Waals surface area contributed by atoms with Gasteiger partial charge in [-0.25, -0.2) is 0 Å². The Kier molecular flexibility index (Phi) is 14.0. The van der Waals surface area contributed by atoms with Gasteiger partial charge in [0.05, 0.1) is 17.3 Å². The summed E-state index contributed by atoms with van der Waals surface area (Å²) < 4.78 is 0. The van der Waals surface area contributed by atoms with E-state index in [9.17, 15) is 5.26 Å². The molecule has 2 aromatic rings. The number of allylic oxidation sites excluding steroid dienone is 6. The molecule has 0 fully saturated rings. The van der Waals surface area contributed by atoms with Crippen molar-refractivity contribution in [1.82, 2.24) is 0 Å². The Hall–Kier alpha value is -3.48. The zero-order valence-corrected chi connectivity index (χ0v) is 24.8. The third-order valence-electron chi connectivity index (χ3n) is 7.17. The first kappa shape index (κ1) is 31.7. The van der Waals surface area contributed by atoms with Crippen molar-refractivity contribution >= 4 is 5.71 Å². The number of benzene rings is 2. The van der Waals surface area contributed by atoms with E-state index in [1.807, 2.05) is 18.2 Å². The van der Waals surface area contributed by atoms with Gasteiger partial charge in [-0.2, -0.15) is 5.26 Å². The van der Waals surface area contributed by atoms with Crippen LogP contribution in [0.5, 0.6) is 0 Å². The van der Waals surface area contributed by atoms with Crippen LogP contribution in [0.4, 0.5) is 0 Å². The zero-order valence-electron chi connectivity index (χ0n) is 24.8. The van der Waals surface area contributed by atoms with Crippen LogP contribution in [0.2, 0.25) is 0 Å². The lowest BCUT2D eigenvalue weighted by Gasteiger charge is -2.13. The van der Waals surface area contributed by atoms with E-state index in [0.29, 0.717) is 24.4 Å². The molecule has 2 N–H and O–H groups in total. The summed E-state index contributed by atoms with van der Waals surface area (Å²) in [6.07, 6.45) is 16.0. The molecule has 0 aliphatic rings. The lowest BCUT2D eigenvalue weighted by atomic mass is 9.92. The topological polar surface area (TPSA) is 62.2 Å². The van der Waals surface area contributed by atoms with Crippen LogP contribution in [0.3, 0.4) is 0 Å². The number of hydrogen-bond acceptors (Lipinski definition) is 3. The van der Waals surface area contributed by atoms with E-state index in [-0.39, 0.29) is 0 Å².